The minimum atomic E-state index is 0.554. The molecule has 1 heteroatoms. The lowest BCUT2D eigenvalue weighted by molar-refractivity contribution is 0.533. The molecule has 1 aliphatic rings. The van der Waals surface area contributed by atoms with Crippen molar-refractivity contribution in [2.45, 2.75) is 32.2 Å². The Hall–Kier alpha value is -1.60. The summed E-state index contributed by atoms with van der Waals surface area (Å²) < 4.78 is 0. The Kier molecular flexibility index (Phi) is 3.65. The minimum Gasteiger partial charge on any atom is -0.310 e. The third-order valence-electron chi connectivity index (χ3n) is 4.03. The molecule has 3 rings (SSSR count). The van der Waals surface area contributed by atoms with E-state index in [0.717, 1.165) is 13.0 Å². The second-order valence-corrected chi connectivity index (χ2v) is 5.48. The van der Waals surface area contributed by atoms with Crippen LogP contribution in [0, 0.1) is 6.92 Å². The van der Waals surface area contributed by atoms with Gasteiger partial charge in [0.05, 0.1) is 0 Å². The van der Waals surface area contributed by atoms with Gasteiger partial charge in [-0.25, -0.2) is 0 Å². The van der Waals surface area contributed by atoms with Gasteiger partial charge in [-0.2, -0.15) is 0 Å². The summed E-state index contributed by atoms with van der Waals surface area (Å²) in [4.78, 5) is 0. The quantitative estimate of drug-likeness (QED) is 0.871. The van der Waals surface area contributed by atoms with Gasteiger partial charge in [-0.1, -0.05) is 54.1 Å². The smallest absolute Gasteiger partial charge is 0.0326 e. The second kappa shape index (κ2) is 5.58. The maximum atomic E-state index is 3.71. The lowest BCUT2D eigenvalue weighted by Gasteiger charge is -2.14. The van der Waals surface area contributed by atoms with Crippen LogP contribution in [0.2, 0.25) is 0 Å². The molecule has 0 aromatic heterocycles. The molecule has 0 saturated heterocycles. The second-order valence-electron chi connectivity index (χ2n) is 5.48. The van der Waals surface area contributed by atoms with Gasteiger partial charge < -0.3 is 5.32 Å². The highest BCUT2D eigenvalue weighted by Gasteiger charge is 2.21. The molecular weight excluding hydrogens is 230 g/mol. The fourth-order valence-corrected chi connectivity index (χ4v) is 2.97. The van der Waals surface area contributed by atoms with E-state index in [9.17, 15) is 0 Å². The summed E-state index contributed by atoms with van der Waals surface area (Å²) in [5.74, 6) is 0. The summed E-state index contributed by atoms with van der Waals surface area (Å²) in [6.07, 6.45) is 3.57. The summed E-state index contributed by atoms with van der Waals surface area (Å²) in [5.41, 5.74) is 5.84. The highest BCUT2D eigenvalue weighted by Crippen LogP contribution is 2.31. The molecule has 1 unspecified atom stereocenters. The van der Waals surface area contributed by atoms with Crippen LogP contribution in [0.25, 0.3) is 0 Å². The third-order valence-corrected chi connectivity index (χ3v) is 4.03. The molecule has 98 valence electrons. The molecule has 2 aromatic carbocycles. The molecule has 0 fully saturated rings. The van der Waals surface area contributed by atoms with Crippen LogP contribution in [0.15, 0.2) is 48.5 Å². The molecular formula is C18H21N. The number of rotatable bonds is 4. The molecule has 19 heavy (non-hydrogen) atoms. The Balaban J connectivity index is 1.59. The summed E-state index contributed by atoms with van der Waals surface area (Å²) in [6, 6.07) is 18.1. The first kappa shape index (κ1) is 12.4. The molecule has 1 aliphatic carbocycles. The van der Waals surface area contributed by atoms with E-state index >= 15 is 0 Å². The molecule has 1 nitrogen and oxygen atoms in total. The maximum absolute atomic E-state index is 3.71. The Morgan fingerprint density at radius 3 is 2.79 bits per heavy atom. The van der Waals surface area contributed by atoms with E-state index in [2.05, 4.69) is 60.8 Å². The first-order valence-electron chi connectivity index (χ1n) is 7.19. The Morgan fingerprint density at radius 1 is 1.11 bits per heavy atom. The predicted molar refractivity (Wildman–Crippen MR) is 80.4 cm³/mol. The van der Waals surface area contributed by atoms with Crippen molar-refractivity contribution >= 4 is 0 Å². The summed E-state index contributed by atoms with van der Waals surface area (Å²) in [5, 5.41) is 3.71. The van der Waals surface area contributed by atoms with E-state index in [4.69, 9.17) is 0 Å². The lowest BCUT2D eigenvalue weighted by atomic mass is 10.0. The lowest BCUT2D eigenvalue weighted by Crippen LogP contribution is -2.21. The van der Waals surface area contributed by atoms with Crippen molar-refractivity contribution in [1.82, 2.24) is 5.32 Å². The minimum absolute atomic E-state index is 0.554. The molecule has 0 saturated carbocycles. The van der Waals surface area contributed by atoms with Gasteiger partial charge in [0.2, 0.25) is 0 Å². The molecule has 0 amide bonds. The van der Waals surface area contributed by atoms with Gasteiger partial charge in [0, 0.05) is 6.04 Å². The van der Waals surface area contributed by atoms with Crippen molar-refractivity contribution < 1.29 is 0 Å². The van der Waals surface area contributed by atoms with Crippen molar-refractivity contribution in [1.29, 1.82) is 0 Å². The molecule has 0 spiro atoms. The van der Waals surface area contributed by atoms with Gasteiger partial charge in [0.1, 0.15) is 0 Å². The van der Waals surface area contributed by atoms with Crippen LogP contribution >= 0.6 is 0 Å². The number of aryl methyl sites for hydroxylation is 2. The molecule has 1 atom stereocenters. The van der Waals surface area contributed by atoms with Crippen LogP contribution in [-0.2, 0) is 12.8 Å². The summed E-state index contributed by atoms with van der Waals surface area (Å²) in [7, 11) is 0. The third kappa shape index (κ3) is 2.87. The summed E-state index contributed by atoms with van der Waals surface area (Å²) >= 11 is 0. The van der Waals surface area contributed by atoms with Gasteiger partial charge in [-0.3, -0.25) is 0 Å². The Bertz CT molecular complexity index is 545. The maximum Gasteiger partial charge on any atom is 0.0326 e. The van der Waals surface area contributed by atoms with Crippen LogP contribution in [0.5, 0.6) is 0 Å². The van der Waals surface area contributed by atoms with Crippen LogP contribution in [0.3, 0.4) is 0 Å². The number of benzene rings is 2. The first-order valence-corrected chi connectivity index (χ1v) is 7.19. The molecule has 0 aliphatic heterocycles. The van der Waals surface area contributed by atoms with Crippen LogP contribution in [0.4, 0.5) is 0 Å². The fraction of sp³-hybridized carbons (Fsp3) is 0.333. The van der Waals surface area contributed by atoms with E-state index < -0.39 is 0 Å². The van der Waals surface area contributed by atoms with Crippen LogP contribution in [0.1, 0.15) is 34.7 Å². The van der Waals surface area contributed by atoms with Crippen molar-refractivity contribution in [2.24, 2.45) is 0 Å². The van der Waals surface area contributed by atoms with E-state index in [0.29, 0.717) is 6.04 Å². The van der Waals surface area contributed by atoms with Gasteiger partial charge in [-0.05, 0) is 49.4 Å². The van der Waals surface area contributed by atoms with E-state index in [1.807, 2.05) is 0 Å². The molecule has 0 radical (unpaired) electrons. The molecule has 0 heterocycles. The average Bonchev–Trinajstić information content (AvgIpc) is 2.83. The molecule has 2 aromatic rings. The number of nitrogens with one attached hydrogen (secondary N) is 1. The highest BCUT2D eigenvalue weighted by atomic mass is 14.9. The SMILES string of the molecule is Cc1ccc2c(c1)C(NCCc1ccccc1)CC2. The van der Waals surface area contributed by atoms with E-state index in [1.54, 1.807) is 0 Å². The zero-order valence-electron chi connectivity index (χ0n) is 11.5. The molecule has 1 N–H and O–H groups in total. The monoisotopic (exact) mass is 251 g/mol. The Morgan fingerprint density at radius 2 is 1.95 bits per heavy atom. The average molecular weight is 251 g/mol. The van der Waals surface area contributed by atoms with Crippen molar-refractivity contribution in [3.63, 3.8) is 0 Å². The number of fused-ring (bicyclic) bond motifs is 1. The van der Waals surface area contributed by atoms with Crippen molar-refractivity contribution in [3.05, 3.63) is 70.8 Å². The van der Waals surface area contributed by atoms with Gasteiger partial charge >= 0.3 is 0 Å². The van der Waals surface area contributed by atoms with Crippen molar-refractivity contribution in [2.75, 3.05) is 6.54 Å². The largest absolute Gasteiger partial charge is 0.310 e. The van der Waals surface area contributed by atoms with Gasteiger partial charge in [0.15, 0.2) is 0 Å². The standard InChI is InChI=1S/C18H21N/c1-14-7-8-16-9-10-18(17(16)13-14)19-12-11-15-5-3-2-4-6-15/h2-8,13,18-19H,9-12H2,1H3. The fourth-order valence-electron chi connectivity index (χ4n) is 2.97. The van der Waals surface area contributed by atoms with Gasteiger partial charge in [0.25, 0.3) is 0 Å². The van der Waals surface area contributed by atoms with E-state index in [-0.39, 0.29) is 0 Å². The van der Waals surface area contributed by atoms with Crippen molar-refractivity contribution in [3.8, 4) is 0 Å². The topological polar surface area (TPSA) is 12.0 Å². The normalized spacial score (nSPS) is 17.4. The zero-order valence-corrected chi connectivity index (χ0v) is 11.5. The number of hydrogen-bond donors (Lipinski definition) is 1. The van der Waals surface area contributed by atoms with Crippen LogP contribution in [-0.4, -0.2) is 6.54 Å². The predicted octanol–water partition coefficient (Wildman–Crippen LogP) is 3.81. The van der Waals surface area contributed by atoms with Gasteiger partial charge in [-0.15, -0.1) is 0 Å². The zero-order chi connectivity index (χ0) is 13.1. The number of hydrogen-bond acceptors (Lipinski definition) is 1. The first-order chi connectivity index (χ1) is 9.33. The molecule has 0 bridgehead atoms. The van der Waals surface area contributed by atoms with Crippen LogP contribution < -0.4 is 5.32 Å². The summed E-state index contributed by atoms with van der Waals surface area (Å²) in [6.45, 7) is 3.24. The Labute approximate surface area is 115 Å². The van der Waals surface area contributed by atoms with E-state index in [1.165, 1.54) is 35.1 Å². The highest BCUT2D eigenvalue weighted by molar-refractivity contribution is 5.37.